The van der Waals surface area contributed by atoms with E-state index in [1.165, 1.54) is 0 Å². The number of carbonyl (C=O) groups is 2. The molecule has 0 unspecified atom stereocenters. The average Bonchev–Trinajstić information content (AvgIpc) is 2.50. The molecular weight excluding hydrogens is 372 g/mol. The Hall–Kier alpha value is -2.40. The summed E-state index contributed by atoms with van der Waals surface area (Å²) in [5, 5.41) is 1.31. The number of carbonyl (C=O) groups excluding carboxylic acids is 2. The Morgan fingerprint density at radius 3 is 2.12 bits per heavy atom. The van der Waals surface area contributed by atoms with Crippen LogP contribution in [0.15, 0.2) is 53.0 Å². The van der Waals surface area contributed by atoms with Gasteiger partial charge in [-0.05, 0) is 48.8 Å². The van der Waals surface area contributed by atoms with Crippen LogP contribution in [0.25, 0.3) is 10.8 Å². The molecule has 0 spiro atoms. The fraction of sp³-hybridized carbons (Fsp3) is 0.158. The van der Waals surface area contributed by atoms with E-state index in [1.54, 1.807) is 19.9 Å². The summed E-state index contributed by atoms with van der Waals surface area (Å²) < 4.78 is 11.3. The Labute approximate surface area is 148 Å². The molecule has 0 aliphatic heterocycles. The van der Waals surface area contributed by atoms with E-state index >= 15 is 0 Å². The van der Waals surface area contributed by atoms with Crippen molar-refractivity contribution >= 4 is 38.6 Å². The molecule has 0 atom stereocenters. The van der Waals surface area contributed by atoms with Crippen LogP contribution in [0.5, 0.6) is 11.5 Å². The number of esters is 2. The lowest BCUT2D eigenvalue weighted by Gasteiger charge is -2.14. The van der Waals surface area contributed by atoms with Crippen LogP contribution in [-0.4, -0.2) is 11.9 Å². The molecule has 24 heavy (non-hydrogen) atoms. The molecule has 0 bridgehead atoms. The normalized spacial score (nSPS) is 10.3. The van der Waals surface area contributed by atoms with Gasteiger partial charge in [0.15, 0.2) is 5.75 Å². The molecule has 4 nitrogen and oxygen atoms in total. The fourth-order valence-corrected chi connectivity index (χ4v) is 2.50. The molecule has 0 aromatic heterocycles. The molecule has 0 aliphatic rings. The first-order chi connectivity index (χ1) is 11.2. The molecule has 0 heterocycles. The zero-order valence-electron chi connectivity index (χ0n) is 13.7. The van der Waals surface area contributed by atoms with Crippen molar-refractivity contribution in [3.8, 4) is 11.5 Å². The number of aryl methyl sites for hydroxylation is 1. The van der Waals surface area contributed by atoms with Crippen molar-refractivity contribution in [1.29, 1.82) is 0 Å². The van der Waals surface area contributed by atoms with Gasteiger partial charge in [0.05, 0.1) is 4.47 Å². The Morgan fingerprint density at radius 2 is 1.54 bits per heavy atom. The zero-order valence-corrected chi connectivity index (χ0v) is 15.3. The SMILES string of the molecule is C=C(C)C(=O)Oc1cc(Br)c(OC(=O)C(=C)C)c2ccc(C)cc12. The zero-order chi connectivity index (χ0) is 18.0. The van der Waals surface area contributed by atoms with Gasteiger partial charge in [-0.2, -0.15) is 0 Å². The van der Waals surface area contributed by atoms with E-state index in [1.807, 2.05) is 25.1 Å². The van der Waals surface area contributed by atoms with Gasteiger partial charge >= 0.3 is 11.9 Å². The number of ether oxygens (including phenoxy) is 2. The van der Waals surface area contributed by atoms with E-state index in [0.717, 1.165) is 5.56 Å². The summed E-state index contributed by atoms with van der Waals surface area (Å²) in [6, 6.07) is 7.16. The molecule has 0 saturated carbocycles. The van der Waals surface area contributed by atoms with Crippen LogP contribution in [0.3, 0.4) is 0 Å². The van der Waals surface area contributed by atoms with Crippen molar-refractivity contribution in [2.45, 2.75) is 20.8 Å². The summed E-state index contributed by atoms with van der Waals surface area (Å²) in [4.78, 5) is 23.8. The number of rotatable bonds is 4. The minimum absolute atomic E-state index is 0.292. The third-order valence-electron chi connectivity index (χ3n) is 3.25. The van der Waals surface area contributed by atoms with Crippen LogP contribution in [0.1, 0.15) is 19.4 Å². The molecule has 0 radical (unpaired) electrons. The van der Waals surface area contributed by atoms with E-state index in [4.69, 9.17) is 9.47 Å². The monoisotopic (exact) mass is 388 g/mol. The first-order valence-corrected chi connectivity index (χ1v) is 7.98. The molecule has 0 fully saturated rings. The first-order valence-electron chi connectivity index (χ1n) is 7.19. The summed E-state index contributed by atoms with van der Waals surface area (Å²) in [5.74, 6) is -0.322. The molecule has 0 amide bonds. The second-order valence-electron chi connectivity index (χ2n) is 5.57. The molecule has 2 aromatic rings. The summed E-state index contributed by atoms with van der Waals surface area (Å²) >= 11 is 3.37. The van der Waals surface area contributed by atoms with Crippen LogP contribution >= 0.6 is 15.9 Å². The number of benzene rings is 2. The third-order valence-corrected chi connectivity index (χ3v) is 3.84. The largest absolute Gasteiger partial charge is 0.422 e. The highest BCUT2D eigenvalue weighted by molar-refractivity contribution is 9.10. The Balaban J connectivity index is 2.64. The lowest BCUT2D eigenvalue weighted by Crippen LogP contribution is -2.11. The number of hydrogen-bond donors (Lipinski definition) is 0. The molecule has 0 N–H and O–H groups in total. The molecule has 2 rings (SSSR count). The lowest BCUT2D eigenvalue weighted by molar-refractivity contribution is -0.131. The van der Waals surface area contributed by atoms with Gasteiger partial charge in [-0.3, -0.25) is 0 Å². The quantitative estimate of drug-likeness (QED) is 0.425. The van der Waals surface area contributed by atoms with Crippen molar-refractivity contribution in [2.75, 3.05) is 0 Å². The van der Waals surface area contributed by atoms with Crippen LogP contribution in [0.4, 0.5) is 0 Å². The van der Waals surface area contributed by atoms with Gasteiger partial charge in [-0.25, -0.2) is 9.59 Å². The van der Waals surface area contributed by atoms with Gasteiger partial charge in [-0.15, -0.1) is 0 Å². The lowest BCUT2D eigenvalue weighted by atomic mass is 10.1. The van der Waals surface area contributed by atoms with Crippen LogP contribution in [0, 0.1) is 6.92 Å². The maximum atomic E-state index is 11.9. The van der Waals surface area contributed by atoms with Gasteiger partial charge in [0, 0.05) is 21.9 Å². The summed E-state index contributed by atoms with van der Waals surface area (Å²) in [5.41, 5.74) is 1.57. The number of hydrogen-bond acceptors (Lipinski definition) is 4. The maximum absolute atomic E-state index is 11.9. The minimum atomic E-state index is -0.524. The molecule has 5 heteroatoms. The van der Waals surface area contributed by atoms with Gasteiger partial charge in [0.25, 0.3) is 0 Å². The number of fused-ring (bicyclic) bond motifs is 1. The number of halogens is 1. The smallest absolute Gasteiger partial charge is 0.338 e. The molecule has 2 aromatic carbocycles. The predicted octanol–water partition coefficient (Wildman–Crippen LogP) is 4.87. The van der Waals surface area contributed by atoms with E-state index in [0.29, 0.717) is 37.9 Å². The van der Waals surface area contributed by atoms with Gasteiger partial charge in [0.2, 0.25) is 0 Å². The Kier molecular flexibility index (Phi) is 5.24. The second-order valence-corrected chi connectivity index (χ2v) is 6.43. The average molecular weight is 389 g/mol. The summed E-state index contributed by atoms with van der Waals surface area (Å²) in [7, 11) is 0. The third kappa shape index (κ3) is 3.74. The van der Waals surface area contributed by atoms with Gasteiger partial charge in [0.1, 0.15) is 5.75 Å². The predicted molar refractivity (Wildman–Crippen MR) is 97.3 cm³/mol. The highest BCUT2D eigenvalue weighted by Crippen LogP contribution is 2.40. The first kappa shape index (κ1) is 17.9. The summed E-state index contributed by atoms with van der Waals surface area (Å²) in [6.45, 7) is 12.2. The highest BCUT2D eigenvalue weighted by atomic mass is 79.9. The van der Waals surface area contributed by atoms with E-state index in [9.17, 15) is 9.59 Å². The molecule has 0 aliphatic carbocycles. The van der Waals surface area contributed by atoms with E-state index in [2.05, 4.69) is 29.1 Å². The van der Waals surface area contributed by atoms with Gasteiger partial charge in [-0.1, -0.05) is 30.9 Å². The van der Waals surface area contributed by atoms with Crippen LogP contribution in [-0.2, 0) is 9.59 Å². The topological polar surface area (TPSA) is 52.6 Å². The molecule has 124 valence electrons. The van der Waals surface area contributed by atoms with E-state index < -0.39 is 11.9 Å². The second kappa shape index (κ2) is 7.01. The fourth-order valence-electron chi connectivity index (χ4n) is 2.00. The van der Waals surface area contributed by atoms with Crippen molar-refractivity contribution < 1.29 is 19.1 Å². The standard InChI is InChI=1S/C19H17BrO4/c1-10(2)18(21)23-16-9-15(20)17(24-19(22)11(3)4)13-7-6-12(5)8-14(13)16/h6-9H,1,3H2,2,4-5H3. The molecular formula is C19H17BrO4. The van der Waals surface area contributed by atoms with Crippen LogP contribution in [0.2, 0.25) is 0 Å². The minimum Gasteiger partial charge on any atom is -0.422 e. The molecule has 0 saturated heterocycles. The highest BCUT2D eigenvalue weighted by Gasteiger charge is 2.18. The van der Waals surface area contributed by atoms with Crippen molar-refractivity contribution in [1.82, 2.24) is 0 Å². The van der Waals surface area contributed by atoms with Crippen molar-refractivity contribution in [3.63, 3.8) is 0 Å². The van der Waals surface area contributed by atoms with Crippen molar-refractivity contribution in [2.24, 2.45) is 0 Å². The Bertz CT molecular complexity index is 881. The van der Waals surface area contributed by atoms with Gasteiger partial charge < -0.3 is 9.47 Å². The summed E-state index contributed by atoms with van der Waals surface area (Å²) in [6.07, 6.45) is 0. The van der Waals surface area contributed by atoms with Crippen LogP contribution < -0.4 is 9.47 Å². The Morgan fingerprint density at radius 1 is 0.958 bits per heavy atom. The van der Waals surface area contributed by atoms with E-state index in [-0.39, 0.29) is 0 Å². The maximum Gasteiger partial charge on any atom is 0.338 e. The van der Waals surface area contributed by atoms with Crippen molar-refractivity contribution in [3.05, 3.63) is 58.6 Å².